The Kier molecular flexibility index (Phi) is 6.65. The van der Waals surface area contributed by atoms with E-state index < -0.39 is 12.0 Å². The molecule has 0 heterocycles. The average molecular weight is 313 g/mol. The summed E-state index contributed by atoms with van der Waals surface area (Å²) in [5, 5.41) is 12.3. The summed E-state index contributed by atoms with van der Waals surface area (Å²) in [6, 6.07) is 6.48. The molecule has 0 saturated carbocycles. The van der Waals surface area contributed by atoms with E-state index in [9.17, 15) is 9.59 Å². The molecule has 0 radical (unpaired) electrons. The molecule has 5 nitrogen and oxygen atoms in total. The minimum absolute atomic E-state index is 0.0625. The molecule has 0 aliphatic carbocycles. The molecule has 0 aliphatic heterocycles. The molecule has 116 valence electrons. The lowest BCUT2D eigenvalue weighted by Gasteiger charge is -2.22. The van der Waals surface area contributed by atoms with Crippen molar-refractivity contribution in [2.24, 2.45) is 0 Å². The fourth-order valence-electron chi connectivity index (χ4n) is 1.95. The summed E-state index contributed by atoms with van der Waals surface area (Å²) >= 11 is 6.07. The van der Waals surface area contributed by atoms with Gasteiger partial charge in [-0.1, -0.05) is 29.8 Å². The number of amides is 1. The van der Waals surface area contributed by atoms with Gasteiger partial charge >= 0.3 is 5.97 Å². The molecule has 2 atom stereocenters. The summed E-state index contributed by atoms with van der Waals surface area (Å²) < 4.78 is 0. The summed E-state index contributed by atoms with van der Waals surface area (Å²) in [5.41, 5.74) is 0.884. The highest BCUT2D eigenvalue weighted by atomic mass is 35.5. The van der Waals surface area contributed by atoms with Gasteiger partial charge in [0.2, 0.25) is 5.91 Å². The maximum Gasteiger partial charge on any atom is 0.320 e. The van der Waals surface area contributed by atoms with E-state index >= 15 is 0 Å². The maximum atomic E-state index is 12.1. The molecule has 2 N–H and O–H groups in total. The van der Waals surface area contributed by atoms with Gasteiger partial charge < -0.3 is 15.3 Å². The first-order chi connectivity index (χ1) is 9.81. The number of carboxylic acids is 1. The number of halogens is 1. The highest BCUT2D eigenvalue weighted by molar-refractivity contribution is 6.31. The lowest BCUT2D eigenvalue weighted by Crippen LogP contribution is -2.42. The van der Waals surface area contributed by atoms with Crippen LogP contribution in [0.15, 0.2) is 24.3 Å². The Morgan fingerprint density at radius 3 is 2.52 bits per heavy atom. The van der Waals surface area contributed by atoms with Crippen molar-refractivity contribution in [2.75, 3.05) is 7.05 Å². The number of carboxylic acid groups (broad SMARTS) is 1. The lowest BCUT2D eigenvalue weighted by molar-refractivity contribution is -0.139. The molecule has 1 unspecified atom stereocenters. The largest absolute Gasteiger partial charge is 0.480 e. The van der Waals surface area contributed by atoms with E-state index in [0.717, 1.165) is 5.56 Å². The van der Waals surface area contributed by atoms with E-state index in [4.69, 9.17) is 16.7 Å². The number of hydrogen-bond donors (Lipinski definition) is 2. The van der Waals surface area contributed by atoms with Gasteiger partial charge in [-0.05, 0) is 25.5 Å². The molecule has 0 aromatic heterocycles. The Labute approximate surface area is 129 Å². The SMILES string of the molecule is CC(CC(=O)N(C)Cc1ccccc1Cl)N[C@H](C)C(=O)O. The summed E-state index contributed by atoms with van der Waals surface area (Å²) in [7, 11) is 1.71. The molecule has 0 saturated heterocycles. The van der Waals surface area contributed by atoms with Crippen LogP contribution < -0.4 is 5.32 Å². The van der Waals surface area contributed by atoms with Crippen molar-refractivity contribution in [3.8, 4) is 0 Å². The van der Waals surface area contributed by atoms with Crippen molar-refractivity contribution in [3.63, 3.8) is 0 Å². The molecular formula is C15H21ClN2O3. The van der Waals surface area contributed by atoms with Crippen LogP contribution in [0.4, 0.5) is 0 Å². The van der Waals surface area contributed by atoms with Gasteiger partial charge in [0, 0.05) is 31.1 Å². The number of carbonyl (C=O) groups excluding carboxylic acids is 1. The summed E-state index contributed by atoms with van der Waals surface area (Å²) in [5.74, 6) is -0.994. The van der Waals surface area contributed by atoms with Crippen molar-refractivity contribution < 1.29 is 14.7 Å². The molecule has 1 aromatic carbocycles. The van der Waals surface area contributed by atoms with E-state index in [0.29, 0.717) is 11.6 Å². The van der Waals surface area contributed by atoms with Gasteiger partial charge in [-0.25, -0.2) is 0 Å². The van der Waals surface area contributed by atoms with E-state index in [1.165, 1.54) is 0 Å². The van der Waals surface area contributed by atoms with Gasteiger partial charge in [-0.15, -0.1) is 0 Å². The van der Waals surface area contributed by atoms with Crippen molar-refractivity contribution in [1.29, 1.82) is 0 Å². The smallest absolute Gasteiger partial charge is 0.320 e. The molecule has 0 fully saturated rings. The number of nitrogens with one attached hydrogen (secondary N) is 1. The zero-order valence-corrected chi connectivity index (χ0v) is 13.2. The Morgan fingerprint density at radius 1 is 1.33 bits per heavy atom. The molecule has 0 bridgehead atoms. The molecule has 0 aliphatic rings. The van der Waals surface area contributed by atoms with Crippen LogP contribution in [0.2, 0.25) is 5.02 Å². The first-order valence-electron chi connectivity index (χ1n) is 6.77. The van der Waals surface area contributed by atoms with Gasteiger partial charge in [0.15, 0.2) is 0 Å². The van der Waals surface area contributed by atoms with Crippen LogP contribution >= 0.6 is 11.6 Å². The normalized spacial score (nSPS) is 13.5. The van der Waals surface area contributed by atoms with Gasteiger partial charge in [0.1, 0.15) is 6.04 Å². The van der Waals surface area contributed by atoms with E-state index in [1.807, 2.05) is 18.2 Å². The number of benzene rings is 1. The third-order valence-electron chi connectivity index (χ3n) is 3.18. The number of carbonyl (C=O) groups is 2. The molecule has 0 spiro atoms. The second-order valence-electron chi connectivity index (χ2n) is 5.17. The monoisotopic (exact) mass is 312 g/mol. The summed E-state index contributed by atoms with van der Waals surface area (Å²) in [6.07, 6.45) is 0.235. The molecule has 6 heteroatoms. The van der Waals surface area contributed by atoms with Crippen molar-refractivity contribution >= 4 is 23.5 Å². The van der Waals surface area contributed by atoms with Crippen LogP contribution in [0.25, 0.3) is 0 Å². The van der Waals surface area contributed by atoms with Crippen LogP contribution in [0, 0.1) is 0 Å². The van der Waals surface area contributed by atoms with E-state index in [2.05, 4.69) is 5.32 Å². The van der Waals surface area contributed by atoms with Gasteiger partial charge in [0.05, 0.1) is 0 Å². The van der Waals surface area contributed by atoms with Gasteiger partial charge in [-0.3, -0.25) is 9.59 Å². The molecule has 1 rings (SSSR count). The number of rotatable bonds is 7. The highest BCUT2D eigenvalue weighted by Crippen LogP contribution is 2.16. The first-order valence-corrected chi connectivity index (χ1v) is 7.15. The average Bonchev–Trinajstić information content (AvgIpc) is 2.40. The Bertz CT molecular complexity index is 507. The lowest BCUT2D eigenvalue weighted by atomic mass is 10.1. The second-order valence-corrected chi connectivity index (χ2v) is 5.58. The topological polar surface area (TPSA) is 69.6 Å². The third-order valence-corrected chi connectivity index (χ3v) is 3.55. The number of nitrogens with zero attached hydrogens (tertiary/aromatic N) is 1. The van der Waals surface area contributed by atoms with Crippen molar-refractivity contribution in [3.05, 3.63) is 34.9 Å². The zero-order chi connectivity index (χ0) is 16.0. The van der Waals surface area contributed by atoms with Crippen LogP contribution in [0.5, 0.6) is 0 Å². The van der Waals surface area contributed by atoms with Crippen LogP contribution in [0.3, 0.4) is 0 Å². The molecule has 21 heavy (non-hydrogen) atoms. The maximum absolute atomic E-state index is 12.1. The Balaban J connectivity index is 2.51. The molecular weight excluding hydrogens is 292 g/mol. The van der Waals surface area contributed by atoms with Crippen molar-refractivity contribution in [2.45, 2.75) is 38.9 Å². The Morgan fingerprint density at radius 2 is 1.95 bits per heavy atom. The summed E-state index contributed by atoms with van der Waals surface area (Å²) in [6.45, 7) is 3.77. The van der Waals surface area contributed by atoms with Crippen LogP contribution in [-0.4, -0.2) is 41.0 Å². The van der Waals surface area contributed by atoms with E-state index in [1.54, 1.807) is 31.9 Å². The molecule has 1 aromatic rings. The minimum atomic E-state index is -0.932. The highest BCUT2D eigenvalue weighted by Gasteiger charge is 2.18. The van der Waals surface area contributed by atoms with Gasteiger partial charge in [-0.2, -0.15) is 0 Å². The van der Waals surface area contributed by atoms with Gasteiger partial charge in [0.25, 0.3) is 0 Å². The second kappa shape index (κ2) is 8.00. The fourth-order valence-corrected chi connectivity index (χ4v) is 2.14. The number of hydrogen-bond acceptors (Lipinski definition) is 3. The van der Waals surface area contributed by atoms with E-state index in [-0.39, 0.29) is 18.4 Å². The third kappa shape index (κ3) is 5.73. The minimum Gasteiger partial charge on any atom is -0.480 e. The zero-order valence-electron chi connectivity index (χ0n) is 12.5. The first kappa shape index (κ1) is 17.5. The van der Waals surface area contributed by atoms with Crippen LogP contribution in [-0.2, 0) is 16.1 Å². The summed E-state index contributed by atoms with van der Waals surface area (Å²) in [4.78, 5) is 24.5. The Hall–Kier alpha value is -1.59. The standard InChI is InChI=1S/C15H21ClN2O3/c1-10(17-11(2)15(20)21)8-14(19)18(3)9-12-6-4-5-7-13(12)16/h4-7,10-11,17H,8-9H2,1-3H3,(H,20,21)/t10?,11-/m1/s1. The predicted octanol–water partition coefficient (Wildman–Crippen LogP) is 2.14. The predicted molar refractivity (Wildman–Crippen MR) is 82.2 cm³/mol. The molecule has 1 amide bonds. The fraction of sp³-hybridized carbons (Fsp3) is 0.467. The number of aliphatic carboxylic acids is 1. The van der Waals surface area contributed by atoms with Crippen LogP contribution in [0.1, 0.15) is 25.8 Å². The van der Waals surface area contributed by atoms with Crippen molar-refractivity contribution in [1.82, 2.24) is 10.2 Å². The quantitative estimate of drug-likeness (QED) is 0.809.